The van der Waals surface area contributed by atoms with Crippen LogP contribution in [0.15, 0.2) is 12.5 Å². The van der Waals surface area contributed by atoms with Crippen LogP contribution < -0.4 is 5.32 Å². The second-order valence-electron chi connectivity index (χ2n) is 5.57. The highest BCUT2D eigenvalue weighted by atomic mass is 16.5. The first kappa shape index (κ1) is 12.4. The van der Waals surface area contributed by atoms with Crippen molar-refractivity contribution in [3.63, 3.8) is 0 Å². The van der Waals surface area contributed by atoms with Crippen molar-refractivity contribution in [2.24, 2.45) is 5.92 Å². The van der Waals surface area contributed by atoms with Crippen LogP contribution in [0.1, 0.15) is 53.4 Å². The van der Waals surface area contributed by atoms with E-state index >= 15 is 0 Å². The van der Waals surface area contributed by atoms with Gasteiger partial charge in [0.2, 0.25) is 0 Å². The molecule has 1 fully saturated rings. The van der Waals surface area contributed by atoms with Crippen molar-refractivity contribution in [1.29, 1.82) is 0 Å². The minimum absolute atomic E-state index is 0.146. The highest BCUT2D eigenvalue weighted by Crippen LogP contribution is 2.28. The van der Waals surface area contributed by atoms with Crippen LogP contribution in [0.3, 0.4) is 0 Å². The summed E-state index contributed by atoms with van der Waals surface area (Å²) < 4.78 is 5.66. The zero-order valence-corrected chi connectivity index (χ0v) is 10.6. The molecule has 0 aromatic heterocycles. The zero-order chi connectivity index (χ0) is 11.5. The topological polar surface area (TPSA) is 21.3 Å². The van der Waals surface area contributed by atoms with Gasteiger partial charge in [0.05, 0.1) is 0 Å². The minimum atomic E-state index is -0.146. The van der Waals surface area contributed by atoms with Crippen molar-refractivity contribution in [2.45, 2.75) is 65.0 Å². The lowest BCUT2D eigenvalue weighted by Crippen LogP contribution is -2.31. The van der Waals surface area contributed by atoms with Crippen LogP contribution in [0, 0.1) is 5.92 Å². The molecule has 1 rings (SSSR count). The SMILES string of the molecule is C=C(NC1CC[C@H](CC)C1)OC(C)(C)C. The summed E-state index contributed by atoms with van der Waals surface area (Å²) in [7, 11) is 0. The molecule has 0 amide bonds. The molecule has 0 aromatic rings. The third-order valence-electron chi connectivity index (χ3n) is 2.91. The van der Waals surface area contributed by atoms with Gasteiger partial charge in [0.15, 0.2) is 5.88 Å². The van der Waals surface area contributed by atoms with Gasteiger partial charge in [0.1, 0.15) is 5.60 Å². The Morgan fingerprint density at radius 3 is 2.53 bits per heavy atom. The van der Waals surface area contributed by atoms with Crippen LogP contribution in [-0.2, 0) is 4.74 Å². The molecule has 2 nitrogen and oxygen atoms in total. The first-order valence-electron chi connectivity index (χ1n) is 6.05. The molecular weight excluding hydrogens is 186 g/mol. The normalized spacial score (nSPS) is 26.4. The Hall–Kier alpha value is -0.660. The number of hydrogen-bond acceptors (Lipinski definition) is 2. The lowest BCUT2D eigenvalue weighted by atomic mass is 10.1. The second-order valence-corrected chi connectivity index (χ2v) is 5.57. The van der Waals surface area contributed by atoms with Crippen molar-refractivity contribution < 1.29 is 4.74 Å². The molecule has 15 heavy (non-hydrogen) atoms. The average Bonchev–Trinajstić information content (AvgIpc) is 2.48. The molecule has 0 spiro atoms. The quantitative estimate of drug-likeness (QED) is 0.719. The monoisotopic (exact) mass is 211 g/mol. The Morgan fingerprint density at radius 2 is 2.07 bits per heavy atom. The largest absolute Gasteiger partial charge is 0.474 e. The van der Waals surface area contributed by atoms with Crippen molar-refractivity contribution >= 4 is 0 Å². The minimum Gasteiger partial charge on any atom is -0.474 e. The number of hydrogen-bond donors (Lipinski definition) is 1. The summed E-state index contributed by atoms with van der Waals surface area (Å²) in [5.41, 5.74) is -0.146. The summed E-state index contributed by atoms with van der Waals surface area (Å²) in [6.45, 7) is 12.3. The maximum absolute atomic E-state index is 5.66. The van der Waals surface area contributed by atoms with Crippen molar-refractivity contribution in [1.82, 2.24) is 5.32 Å². The predicted octanol–water partition coefficient (Wildman–Crippen LogP) is 3.44. The third-order valence-corrected chi connectivity index (χ3v) is 2.91. The van der Waals surface area contributed by atoms with E-state index in [1.54, 1.807) is 0 Å². The molecule has 0 bridgehead atoms. The van der Waals surface area contributed by atoms with E-state index in [-0.39, 0.29) is 5.60 Å². The van der Waals surface area contributed by atoms with E-state index in [1.165, 1.54) is 25.7 Å². The summed E-state index contributed by atoms with van der Waals surface area (Å²) in [4.78, 5) is 0. The van der Waals surface area contributed by atoms with Gasteiger partial charge in [-0.3, -0.25) is 0 Å². The Bertz CT molecular complexity index is 217. The molecule has 0 aromatic carbocycles. The Morgan fingerprint density at radius 1 is 1.40 bits per heavy atom. The Labute approximate surface area is 94.1 Å². The average molecular weight is 211 g/mol. The van der Waals surface area contributed by atoms with Crippen LogP contribution in [-0.4, -0.2) is 11.6 Å². The van der Waals surface area contributed by atoms with Gasteiger partial charge in [0, 0.05) is 6.04 Å². The first-order valence-corrected chi connectivity index (χ1v) is 6.05. The number of ether oxygens (including phenoxy) is 1. The van der Waals surface area contributed by atoms with E-state index in [2.05, 4.69) is 18.8 Å². The van der Waals surface area contributed by atoms with Crippen LogP contribution in [0.2, 0.25) is 0 Å². The maximum atomic E-state index is 5.66. The lowest BCUT2D eigenvalue weighted by Gasteiger charge is -2.25. The summed E-state index contributed by atoms with van der Waals surface area (Å²) >= 11 is 0. The van der Waals surface area contributed by atoms with Gasteiger partial charge in [0.25, 0.3) is 0 Å². The molecule has 2 heteroatoms. The molecule has 2 atom stereocenters. The van der Waals surface area contributed by atoms with Crippen LogP contribution in [0.25, 0.3) is 0 Å². The molecule has 1 unspecified atom stereocenters. The van der Waals surface area contributed by atoms with Gasteiger partial charge in [-0.25, -0.2) is 0 Å². The molecule has 1 N–H and O–H groups in total. The van der Waals surface area contributed by atoms with Crippen LogP contribution in [0.4, 0.5) is 0 Å². The van der Waals surface area contributed by atoms with E-state index in [9.17, 15) is 0 Å². The highest BCUT2D eigenvalue weighted by Gasteiger charge is 2.24. The van der Waals surface area contributed by atoms with Gasteiger partial charge >= 0.3 is 0 Å². The molecule has 0 heterocycles. The standard InChI is InChI=1S/C13H25NO/c1-6-11-7-8-12(9-11)14-10(2)15-13(3,4)5/h11-12,14H,2,6-9H2,1,3-5H3/t11-,12?/m0/s1. The summed E-state index contributed by atoms with van der Waals surface area (Å²) in [6, 6.07) is 0.574. The number of rotatable bonds is 4. The van der Waals surface area contributed by atoms with Gasteiger partial charge in [-0.15, -0.1) is 0 Å². The lowest BCUT2D eigenvalue weighted by molar-refractivity contribution is 0.0384. The fourth-order valence-corrected chi connectivity index (χ4v) is 2.20. The Kier molecular flexibility index (Phi) is 4.06. The van der Waals surface area contributed by atoms with Gasteiger partial charge in [-0.1, -0.05) is 13.3 Å². The first-order chi connectivity index (χ1) is 6.90. The molecule has 1 aliphatic rings. The highest BCUT2D eigenvalue weighted by molar-refractivity contribution is 4.90. The van der Waals surface area contributed by atoms with Crippen LogP contribution in [0.5, 0.6) is 0 Å². The summed E-state index contributed by atoms with van der Waals surface area (Å²) in [6.07, 6.45) is 5.16. The summed E-state index contributed by atoms with van der Waals surface area (Å²) in [5, 5.41) is 3.38. The van der Waals surface area contributed by atoms with Gasteiger partial charge in [-0.2, -0.15) is 0 Å². The van der Waals surface area contributed by atoms with Crippen molar-refractivity contribution in [3.05, 3.63) is 12.5 Å². The van der Waals surface area contributed by atoms with Crippen LogP contribution >= 0.6 is 0 Å². The molecule has 1 aliphatic carbocycles. The molecule has 0 saturated heterocycles. The molecule has 1 saturated carbocycles. The van der Waals surface area contributed by atoms with E-state index in [0.29, 0.717) is 6.04 Å². The maximum Gasteiger partial charge on any atom is 0.180 e. The fourth-order valence-electron chi connectivity index (χ4n) is 2.20. The van der Waals surface area contributed by atoms with E-state index in [0.717, 1.165) is 11.8 Å². The third kappa shape index (κ3) is 4.59. The van der Waals surface area contributed by atoms with Gasteiger partial charge < -0.3 is 10.1 Å². The molecule has 88 valence electrons. The Balaban J connectivity index is 2.28. The fraction of sp³-hybridized carbons (Fsp3) is 0.846. The predicted molar refractivity (Wildman–Crippen MR) is 64.5 cm³/mol. The van der Waals surface area contributed by atoms with Crippen molar-refractivity contribution in [2.75, 3.05) is 0 Å². The molecule has 0 aliphatic heterocycles. The smallest absolute Gasteiger partial charge is 0.180 e. The molecular formula is C13H25NO. The van der Waals surface area contributed by atoms with Crippen molar-refractivity contribution in [3.8, 4) is 0 Å². The van der Waals surface area contributed by atoms with E-state index in [4.69, 9.17) is 4.74 Å². The summed E-state index contributed by atoms with van der Waals surface area (Å²) in [5.74, 6) is 1.62. The zero-order valence-electron chi connectivity index (χ0n) is 10.6. The second kappa shape index (κ2) is 4.91. The van der Waals surface area contributed by atoms with E-state index < -0.39 is 0 Å². The van der Waals surface area contributed by atoms with E-state index in [1.807, 2.05) is 20.8 Å². The van der Waals surface area contributed by atoms with Gasteiger partial charge in [-0.05, 0) is 52.5 Å². The molecule has 0 radical (unpaired) electrons. The number of nitrogens with one attached hydrogen (secondary N) is 1.